The van der Waals surface area contributed by atoms with E-state index in [9.17, 15) is 9.59 Å². The van der Waals surface area contributed by atoms with Crippen molar-refractivity contribution >= 4 is 23.7 Å². The fourth-order valence-electron chi connectivity index (χ4n) is 3.21. The number of esters is 1. The van der Waals surface area contributed by atoms with Gasteiger partial charge in [-0.2, -0.15) is 0 Å². The highest BCUT2D eigenvalue weighted by Crippen LogP contribution is 2.26. The Balaban J connectivity index is 1.80. The number of unbranched alkanes of at least 4 members (excludes halogenated alkanes) is 5. The van der Waals surface area contributed by atoms with Gasteiger partial charge in [-0.1, -0.05) is 83.6 Å². The van der Waals surface area contributed by atoms with E-state index in [0.29, 0.717) is 18.1 Å². The maximum atomic E-state index is 12.1. The van der Waals surface area contributed by atoms with Gasteiger partial charge in [-0.05, 0) is 47.7 Å². The Bertz CT molecular complexity index is 848. The van der Waals surface area contributed by atoms with Crippen molar-refractivity contribution in [1.29, 1.82) is 0 Å². The van der Waals surface area contributed by atoms with Crippen LogP contribution < -0.4 is 9.47 Å². The number of hydrogen-bond donors (Lipinski definition) is 0. The zero-order valence-electron chi connectivity index (χ0n) is 19.8. The van der Waals surface area contributed by atoms with E-state index in [1.54, 1.807) is 24.3 Å². The molecule has 6 heteroatoms. The van der Waals surface area contributed by atoms with Crippen LogP contribution in [0.1, 0.15) is 65.7 Å². The van der Waals surface area contributed by atoms with Gasteiger partial charge < -0.3 is 14.2 Å². The second-order valence-electron chi connectivity index (χ2n) is 8.23. The fourth-order valence-corrected chi connectivity index (χ4v) is 3.43. The van der Waals surface area contributed by atoms with E-state index < -0.39 is 17.5 Å². The molecular weight excluding hydrogens is 440 g/mol. The van der Waals surface area contributed by atoms with Crippen molar-refractivity contribution in [3.05, 3.63) is 48.5 Å². The Kier molecular flexibility index (Phi) is 11.8. The normalized spacial score (nSPS) is 12.6. The zero-order chi connectivity index (χ0) is 24.1. The van der Waals surface area contributed by atoms with Crippen LogP contribution in [0.3, 0.4) is 0 Å². The quantitative estimate of drug-likeness (QED) is 0.0974. The van der Waals surface area contributed by atoms with Gasteiger partial charge in [-0.3, -0.25) is 4.79 Å². The molecule has 0 aromatic heterocycles. The molecule has 2 aromatic carbocycles. The summed E-state index contributed by atoms with van der Waals surface area (Å²) in [5, 5.41) is -0.667. The maximum absolute atomic E-state index is 12.1. The molecule has 2 aromatic rings. The third-order valence-electron chi connectivity index (χ3n) is 5.55. The molecule has 2 rings (SSSR count). The fraction of sp³-hybridized carbons (Fsp3) is 0.481. The molecule has 33 heavy (non-hydrogen) atoms. The summed E-state index contributed by atoms with van der Waals surface area (Å²) in [7, 11) is 0. The first-order valence-corrected chi connectivity index (χ1v) is 12.3. The molecular formula is C27H35ClO5. The number of benzene rings is 2. The minimum absolute atomic E-state index is 0.0482. The summed E-state index contributed by atoms with van der Waals surface area (Å²) in [5.74, 6) is 0.483. The number of carbonyl (C=O) groups excluding carboxylic acids is 2. The van der Waals surface area contributed by atoms with Crippen LogP contribution in [-0.2, 0) is 9.53 Å². The predicted molar refractivity (Wildman–Crippen MR) is 132 cm³/mol. The first-order chi connectivity index (χ1) is 15.9. The second-order valence-corrected chi connectivity index (χ2v) is 8.70. The molecule has 0 saturated heterocycles. The van der Waals surface area contributed by atoms with Crippen molar-refractivity contribution in [2.45, 2.75) is 71.1 Å². The number of hydrogen-bond acceptors (Lipinski definition) is 5. The lowest BCUT2D eigenvalue weighted by Gasteiger charge is -2.15. The smallest absolute Gasteiger partial charge is 0.434 e. The van der Waals surface area contributed by atoms with Gasteiger partial charge in [0.2, 0.25) is 0 Å². The van der Waals surface area contributed by atoms with Crippen LogP contribution in [0.5, 0.6) is 11.5 Å². The highest BCUT2D eigenvalue weighted by molar-refractivity contribution is 6.30. The lowest BCUT2D eigenvalue weighted by molar-refractivity contribution is -0.134. The maximum Gasteiger partial charge on any atom is 0.513 e. The number of halogens is 1. The van der Waals surface area contributed by atoms with Crippen molar-refractivity contribution in [1.82, 2.24) is 0 Å². The van der Waals surface area contributed by atoms with Crippen LogP contribution in [-0.4, -0.2) is 24.1 Å². The third kappa shape index (κ3) is 9.47. The molecule has 0 fully saturated rings. The van der Waals surface area contributed by atoms with Gasteiger partial charge in [-0.15, -0.1) is 11.6 Å². The molecule has 0 bridgehead atoms. The van der Waals surface area contributed by atoms with Gasteiger partial charge in [0, 0.05) is 0 Å². The molecule has 180 valence electrons. The Morgan fingerprint density at radius 1 is 0.788 bits per heavy atom. The number of ether oxygens (including phenoxy) is 3. The number of alkyl halides is 1. The van der Waals surface area contributed by atoms with Gasteiger partial charge in [0.15, 0.2) is 0 Å². The monoisotopic (exact) mass is 474 g/mol. The van der Waals surface area contributed by atoms with Gasteiger partial charge >= 0.3 is 12.1 Å². The molecule has 2 atom stereocenters. The molecule has 0 radical (unpaired) electrons. The first kappa shape index (κ1) is 26.7. The molecule has 0 unspecified atom stereocenters. The molecule has 0 N–H and O–H groups in total. The minimum Gasteiger partial charge on any atom is -0.434 e. The Morgan fingerprint density at radius 2 is 1.30 bits per heavy atom. The molecule has 0 aliphatic rings. The van der Waals surface area contributed by atoms with E-state index in [0.717, 1.165) is 30.4 Å². The first-order valence-electron chi connectivity index (χ1n) is 11.9. The summed E-state index contributed by atoms with van der Waals surface area (Å²) in [4.78, 5) is 24.0. The van der Waals surface area contributed by atoms with Gasteiger partial charge in [0.25, 0.3) is 0 Å². The van der Waals surface area contributed by atoms with Crippen LogP contribution >= 0.6 is 11.6 Å². The summed E-state index contributed by atoms with van der Waals surface area (Å²) in [6.07, 6.45) is 6.90. The van der Waals surface area contributed by atoms with E-state index >= 15 is 0 Å². The Labute approximate surface area is 202 Å². The predicted octanol–water partition coefficient (Wildman–Crippen LogP) is 7.79. The van der Waals surface area contributed by atoms with E-state index in [4.69, 9.17) is 25.8 Å². The average Bonchev–Trinajstić information content (AvgIpc) is 2.83. The van der Waals surface area contributed by atoms with E-state index in [2.05, 4.69) is 6.92 Å². The van der Waals surface area contributed by atoms with E-state index in [-0.39, 0.29) is 5.92 Å². The molecule has 0 heterocycles. The van der Waals surface area contributed by atoms with Crippen LogP contribution in [0.2, 0.25) is 0 Å². The summed E-state index contributed by atoms with van der Waals surface area (Å²) in [5.41, 5.74) is 1.88. The largest absolute Gasteiger partial charge is 0.513 e. The summed E-state index contributed by atoms with van der Waals surface area (Å²) in [6.45, 7) is 6.47. The molecule has 0 amide bonds. The van der Waals surface area contributed by atoms with E-state index in [1.807, 2.05) is 38.1 Å². The van der Waals surface area contributed by atoms with Crippen molar-refractivity contribution in [3.63, 3.8) is 0 Å². The summed E-state index contributed by atoms with van der Waals surface area (Å²) >= 11 is 6.15. The standard InChI is InChI=1S/C27H35ClO5/c1-4-6-7-8-9-10-19-31-27(30)33-24-17-13-22(14-18-24)21-11-15-23(16-12-21)32-26(29)25(28)20(3)5-2/h11-18,20,25H,4-10,19H2,1-3H3/t20-,25+/m0/s1. The van der Waals surface area contributed by atoms with Gasteiger partial charge in [0.05, 0.1) is 6.61 Å². The van der Waals surface area contributed by atoms with E-state index in [1.165, 1.54) is 25.7 Å². The van der Waals surface area contributed by atoms with Crippen LogP contribution in [0.25, 0.3) is 11.1 Å². The molecule has 0 aliphatic heterocycles. The SMILES string of the molecule is CCCCCCCCOC(=O)Oc1ccc(-c2ccc(OC(=O)[C@H](Cl)[C@@H](C)CC)cc2)cc1. The van der Waals surface area contributed by atoms with Crippen molar-refractivity contribution in [2.75, 3.05) is 6.61 Å². The Morgan fingerprint density at radius 3 is 1.85 bits per heavy atom. The van der Waals surface area contributed by atoms with Gasteiger partial charge in [-0.25, -0.2) is 4.79 Å². The zero-order valence-corrected chi connectivity index (χ0v) is 20.6. The van der Waals surface area contributed by atoms with Crippen molar-refractivity contribution in [2.24, 2.45) is 5.92 Å². The molecule has 0 saturated carbocycles. The topological polar surface area (TPSA) is 61.8 Å². The molecule has 5 nitrogen and oxygen atoms in total. The summed E-state index contributed by atoms with van der Waals surface area (Å²) < 4.78 is 15.7. The Hall–Kier alpha value is -2.53. The average molecular weight is 475 g/mol. The highest BCUT2D eigenvalue weighted by atomic mass is 35.5. The summed E-state index contributed by atoms with van der Waals surface area (Å²) in [6, 6.07) is 14.3. The van der Waals surface area contributed by atoms with Crippen LogP contribution in [0.4, 0.5) is 4.79 Å². The number of carbonyl (C=O) groups is 2. The molecule has 0 aliphatic carbocycles. The lowest BCUT2D eigenvalue weighted by Crippen LogP contribution is -2.26. The van der Waals surface area contributed by atoms with Crippen LogP contribution in [0.15, 0.2) is 48.5 Å². The highest BCUT2D eigenvalue weighted by Gasteiger charge is 2.23. The van der Waals surface area contributed by atoms with Gasteiger partial charge in [0.1, 0.15) is 16.9 Å². The third-order valence-corrected chi connectivity index (χ3v) is 6.16. The lowest BCUT2D eigenvalue weighted by atomic mass is 10.0. The van der Waals surface area contributed by atoms with Crippen molar-refractivity contribution in [3.8, 4) is 22.6 Å². The minimum atomic E-state index is -0.683. The number of rotatable bonds is 13. The molecule has 0 spiro atoms. The van der Waals surface area contributed by atoms with Crippen LogP contribution in [0, 0.1) is 5.92 Å². The van der Waals surface area contributed by atoms with Crippen molar-refractivity contribution < 1.29 is 23.8 Å². The second kappa shape index (κ2) is 14.6.